The Bertz CT molecular complexity index is 465. The third-order valence-electron chi connectivity index (χ3n) is 2.74. The topological polar surface area (TPSA) is 47.3 Å². The highest BCUT2D eigenvalue weighted by Crippen LogP contribution is 2.22. The maximum absolute atomic E-state index is 12.3. The van der Waals surface area contributed by atoms with Crippen molar-refractivity contribution in [3.63, 3.8) is 0 Å². The average Bonchev–Trinajstić information content (AvgIpc) is 3.04. The lowest BCUT2D eigenvalue weighted by Gasteiger charge is -2.11. The van der Waals surface area contributed by atoms with Crippen LogP contribution in [0.3, 0.4) is 0 Å². The molecule has 2 rings (SSSR count). The summed E-state index contributed by atoms with van der Waals surface area (Å²) in [5.41, 5.74) is 0. The first-order valence-corrected chi connectivity index (χ1v) is 6.77. The highest BCUT2D eigenvalue weighted by atomic mass is 32.1. The molecule has 1 atom stereocenters. The fourth-order valence-corrected chi connectivity index (χ4v) is 2.57. The molecule has 0 bridgehead atoms. The molecule has 0 spiro atoms. The van der Waals surface area contributed by atoms with Crippen LogP contribution in [0.4, 0.5) is 0 Å². The summed E-state index contributed by atoms with van der Waals surface area (Å²) < 4.78 is 5.09. The van der Waals surface area contributed by atoms with Crippen molar-refractivity contribution in [2.75, 3.05) is 0 Å². The van der Waals surface area contributed by atoms with Crippen LogP contribution in [0.2, 0.25) is 0 Å². The normalized spacial score (nSPS) is 12.3. The Hall–Kier alpha value is -1.68. The van der Waals surface area contributed by atoms with E-state index in [1.807, 2.05) is 18.4 Å². The quantitative estimate of drug-likeness (QED) is 0.587. The molecule has 0 amide bonds. The van der Waals surface area contributed by atoms with Gasteiger partial charge in [-0.25, -0.2) is 0 Å². The molecule has 0 aliphatic carbocycles. The Morgan fingerprint density at radius 3 is 2.67 bits per heavy atom. The summed E-state index contributed by atoms with van der Waals surface area (Å²) >= 11 is 1.37. The van der Waals surface area contributed by atoms with Gasteiger partial charge in [-0.2, -0.15) is 0 Å². The summed E-state index contributed by atoms with van der Waals surface area (Å²) in [4.78, 5) is 25.1. The van der Waals surface area contributed by atoms with Gasteiger partial charge in [-0.1, -0.05) is 19.4 Å². The van der Waals surface area contributed by atoms with Crippen molar-refractivity contribution in [3.8, 4) is 0 Å². The molecule has 2 aromatic heterocycles. The van der Waals surface area contributed by atoms with E-state index in [0.717, 1.165) is 6.42 Å². The number of hydrogen-bond donors (Lipinski definition) is 0. The van der Waals surface area contributed by atoms with Crippen molar-refractivity contribution in [1.82, 2.24) is 0 Å². The van der Waals surface area contributed by atoms with E-state index in [1.54, 1.807) is 18.2 Å². The fraction of sp³-hybridized carbons (Fsp3) is 0.286. The second-order valence-electron chi connectivity index (χ2n) is 4.02. The molecule has 2 heterocycles. The first-order valence-electron chi connectivity index (χ1n) is 5.89. The highest BCUT2D eigenvalue weighted by molar-refractivity contribution is 7.12. The zero-order valence-electron chi connectivity index (χ0n) is 10.1. The van der Waals surface area contributed by atoms with Crippen LogP contribution < -0.4 is 0 Å². The molecule has 0 aliphatic rings. The van der Waals surface area contributed by atoms with Gasteiger partial charge in [0.15, 0.2) is 11.5 Å². The number of thiophene rings is 1. The third-order valence-corrected chi connectivity index (χ3v) is 3.62. The molecule has 0 saturated carbocycles. The predicted octanol–water partition coefficient (Wildman–Crippen LogP) is 3.82. The molecule has 0 fully saturated rings. The Morgan fingerprint density at radius 2 is 2.11 bits per heavy atom. The number of furan rings is 1. The van der Waals surface area contributed by atoms with E-state index in [4.69, 9.17) is 4.42 Å². The Morgan fingerprint density at radius 1 is 1.28 bits per heavy atom. The third kappa shape index (κ3) is 2.59. The zero-order chi connectivity index (χ0) is 13.0. The minimum atomic E-state index is -0.625. The monoisotopic (exact) mass is 262 g/mol. The molecule has 0 saturated heterocycles. The SMILES string of the molecule is CCCC(C(=O)c1ccco1)C(=O)c1cccs1. The lowest BCUT2D eigenvalue weighted by molar-refractivity contribution is 0.0784. The van der Waals surface area contributed by atoms with Gasteiger partial charge in [-0.15, -0.1) is 11.3 Å². The van der Waals surface area contributed by atoms with E-state index >= 15 is 0 Å². The van der Waals surface area contributed by atoms with Crippen LogP contribution >= 0.6 is 11.3 Å². The van der Waals surface area contributed by atoms with Crippen molar-refractivity contribution in [3.05, 3.63) is 46.5 Å². The van der Waals surface area contributed by atoms with Crippen molar-refractivity contribution in [1.29, 1.82) is 0 Å². The summed E-state index contributed by atoms with van der Waals surface area (Å²) in [7, 11) is 0. The molecule has 1 unspecified atom stereocenters. The molecule has 0 aromatic carbocycles. The Balaban J connectivity index is 2.23. The second kappa shape index (κ2) is 5.78. The van der Waals surface area contributed by atoms with E-state index in [-0.39, 0.29) is 17.3 Å². The lowest BCUT2D eigenvalue weighted by Crippen LogP contribution is -2.23. The van der Waals surface area contributed by atoms with E-state index in [1.165, 1.54) is 17.6 Å². The van der Waals surface area contributed by atoms with Gasteiger partial charge in [0.25, 0.3) is 0 Å². The molecule has 94 valence electrons. The Kier molecular flexibility index (Phi) is 4.10. The van der Waals surface area contributed by atoms with Gasteiger partial charge in [0.2, 0.25) is 5.78 Å². The van der Waals surface area contributed by atoms with Crippen LogP contribution in [0.1, 0.15) is 40.0 Å². The van der Waals surface area contributed by atoms with Gasteiger partial charge >= 0.3 is 0 Å². The number of carbonyl (C=O) groups excluding carboxylic acids is 2. The van der Waals surface area contributed by atoms with Gasteiger partial charge in [-0.05, 0) is 30.0 Å². The minimum Gasteiger partial charge on any atom is -0.461 e. The molecular formula is C14H14O3S. The molecule has 0 N–H and O–H groups in total. The summed E-state index contributed by atoms with van der Waals surface area (Å²) in [5, 5.41) is 1.84. The number of carbonyl (C=O) groups is 2. The van der Waals surface area contributed by atoms with Crippen LogP contribution in [0.15, 0.2) is 40.3 Å². The Labute approximate surface area is 109 Å². The summed E-state index contributed by atoms with van der Waals surface area (Å²) in [5.74, 6) is -0.688. The molecule has 0 aliphatic heterocycles. The van der Waals surface area contributed by atoms with Crippen molar-refractivity contribution in [2.45, 2.75) is 19.8 Å². The van der Waals surface area contributed by atoms with Crippen LogP contribution in [0.25, 0.3) is 0 Å². The van der Waals surface area contributed by atoms with Crippen molar-refractivity contribution < 1.29 is 14.0 Å². The summed E-state index contributed by atoms with van der Waals surface area (Å²) in [6.07, 6.45) is 2.79. The standard InChI is InChI=1S/C14H14O3S/c1-2-5-10(13(15)11-6-3-8-17-11)14(16)12-7-4-9-18-12/h3-4,6-10H,2,5H2,1H3. The van der Waals surface area contributed by atoms with Gasteiger partial charge in [0.1, 0.15) is 0 Å². The first kappa shape index (κ1) is 12.8. The van der Waals surface area contributed by atoms with E-state index in [9.17, 15) is 9.59 Å². The highest BCUT2D eigenvalue weighted by Gasteiger charge is 2.29. The van der Waals surface area contributed by atoms with Gasteiger partial charge < -0.3 is 4.42 Å². The van der Waals surface area contributed by atoms with E-state index in [2.05, 4.69) is 0 Å². The summed E-state index contributed by atoms with van der Waals surface area (Å²) in [6.45, 7) is 1.96. The maximum atomic E-state index is 12.3. The molecular weight excluding hydrogens is 248 g/mol. The van der Waals surface area contributed by atoms with Gasteiger partial charge in [-0.3, -0.25) is 9.59 Å². The molecule has 4 heteroatoms. The number of hydrogen-bond acceptors (Lipinski definition) is 4. The van der Waals surface area contributed by atoms with Crippen LogP contribution in [-0.4, -0.2) is 11.6 Å². The van der Waals surface area contributed by atoms with Gasteiger partial charge in [0.05, 0.1) is 17.1 Å². The minimum absolute atomic E-state index is 0.103. The van der Waals surface area contributed by atoms with Gasteiger partial charge in [0, 0.05) is 0 Å². The van der Waals surface area contributed by atoms with E-state index in [0.29, 0.717) is 11.3 Å². The average molecular weight is 262 g/mol. The largest absolute Gasteiger partial charge is 0.461 e. The molecule has 0 radical (unpaired) electrons. The first-order chi connectivity index (χ1) is 8.74. The fourth-order valence-electron chi connectivity index (χ4n) is 1.85. The zero-order valence-corrected chi connectivity index (χ0v) is 10.9. The molecule has 2 aromatic rings. The van der Waals surface area contributed by atoms with Crippen LogP contribution in [0, 0.1) is 5.92 Å². The smallest absolute Gasteiger partial charge is 0.208 e. The number of Topliss-reactive ketones (excluding diaryl/α,β-unsaturated/α-hetero) is 2. The summed E-state index contributed by atoms with van der Waals surface area (Å²) in [6, 6.07) is 6.84. The van der Waals surface area contributed by atoms with Crippen LogP contribution in [0.5, 0.6) is 0 Å². The number of ketones is 2. The predicted molar refractivity (Wildman–Crippen MR) is 70.1 cm³/mol. The number of rotatable bonds is 6. The second-order valence-corrected chi connectivity index (χ2v) is 4.97. The maximum Gasteiger partial charge on any atom is 0.208 e. The van der Waals surface area contributed by atoms with Crippen molar-refractivity contribution >= 4 is 22.9 Å². The van der Waals surface area contributed by atoms with E-state index < -0.39 is 5.92 Å². The van der Waals surface area contributed by atoms with Crippen molar-refractivity contribution in [2.24, 2.45) is 5.92 Å². The molecule has 18 heavy (non-hydrogen) atoms. The van der Waals surface area contributed by atoms with Crippen LogP contribution in [-0.2, 0) is 0 Å². The molecule has 3 nitrogen and oxygen atoms in total. The lowest BCUT2D eigenvalue weighted by atomic mass is 9.92.